The summed E-state index contributed by atoms with van der Waals surface area (Å²) in [6, 6.07) is 19.2. The quantitative estimate of drug-likeness (QED) is 0.285. The molecule has 1 aliphatic rings. The van der Waals surface area contributed by atoms with E-state index in [9.17, 15) is 19.2 Å². The number of carboxylic acids is 1. The highest BCUT2D eigenvalue weighted by Gasteiger charge is 2.32. The summed E-state index contributed by atoms with van der Waals surface area (Å²) in [4.78, 5) is 49.7. The van der Waals surface area contributed by atoms with E-state index in [1.807, 2.05) is 6.92 Å². The lowest BCUT2D eigenvalue weighted by Gasteiger charge is -2.14. The number of rotatable bonds is 7. The van der Waals surface area contributed by atoms with Crippen molar-refractivity contribution in [1.29, 1.82) is 0 Å². The molecule has 1 N–H and O–H groups in total. The number of carbonyl (C=O) groups is 4. The molecule has 1 heterocycles. The molecule has 1 saturated heterocycles. The molecule has 1 fully saturated rings. The molecule has 5 rings (SSSR count). The van der Waals surface area contributed by atoms with Crippen LogP contribution < -0.4 is 0 Å². The van der Waals surface area contributed by atoms with Gasteiger partial charge in [0.2, 0.25) is 0 Å². The van der Waals surface area contributed by atoms with Gasteiger partial charge in [-0.1, -0.05) is 61.5 Å². The second kappa shape index (κ2) is 10.5. The van der Waals surface area contributed by atoms with Gasteiger partial charge in [-0.05, 0) is 57.1 Å². The van der Waals surface area contributed by atoms with E-state index < -0.39 is 23.8 Å². The Hall–Kier alpha value is -4.00. The van der Waals surface area contributed by atoms with Gasteiger partial charge in [-0.2, -0.15) is 0 Å². The molecule has 2 amide bonds. The van der Waals surface area contributed by atoms with Crippen LogP contribution in [-0.2, 0) is 30.4 Å². The monoisotopic (exact) mass is 473 g/mol. The molecule has 0 radical (unpaired) electrons. The zero-order valence-corrected chi connectivity index (χ0v) is 19.6. The SMILES string of the molecule is CCCC(=O)O.O=C(CCCc1ccc2ccc3cccc4ccc1c2c34)ON1C(=O)CCC1=O. The van der Waals surface area contributed by atoms with E-state index in [-0.39, 0.29) is 19.3 Å². The third kappa shape index (κ3) is 5.24. The first-order valence-electron chi connectivity index (χ1n) is 11.8. The minimum Gasteiger partial charge on any atom is -0.481 e. The third-order valence-electron chi connectivity index (χ3n) is 6.11. The number of amides is 2. The smallest absolute Gasteiger partial charge is 0.333 e. The van der Waals surface area contributed by atoms with Crippen molar-refractivity contribution in [3.8, 4) is 0 Å². The maximum Gasteiger partial charge on any atom is 0.333 e. The Labute approximate surface area is 202 Å². The minimum atomic E-state index is -0.711. The zero-order valence-electron chi connectivity index (χ0n) is 19.6. The maximum atomic E-state index is 12.0. The number of imide groups is 1. The van der Waals surface area contributed by atoms with E-state index in [1.165, 1.54) is 37.9 Å². The van der Waals surface area contributed by atoms with E-state index in [4.69, 9.17) is 9.94 Å². The van der Waals surface area contributed by atoms with Gasteiger partial charge >= 0.3 is 11.9 Å². The Morgan fingerprint density at radius 3 is 2.06 bits per heavy atom. The molecule has 7 heteroatoms. The summed E-state index contributed by atoms with van der Waals surface area (Å²) >= 11 is 0. The van der Waals surface area contributed by atoms with Crippen LogP contribution in [0.1, 0.15) is 51.0 Å². The van der Waals surface area contributed by atoms with Gasteiger partial charge in [0, 0.05) is 25.7 Å². The molecule has 0 spiro atoms. The number of carbonyl (C=O) groups excluding carboxylic acids is 3. The molecule has 0 bridgehead atoms. The third-order valence-corrected chi connectivity index (χ3v) is 6.11. The maximum absolute atomic E-state index is 12.0. The predicted molar refractivity (Wildman–Crippen MR) is 133 cm³/mol. The number of carboxylic acid groups (broad SMARTS) is 1. The van der Waals surface area contributed by atoms with Crippen molar-refractivity contribution >= 4 is 56.1 Å². The molecule has 4 aromatic rings. The standard InChI is InChI=1S/C24H19NO4.C4H8O2/c26-20-13-14-21(27)25(20)29-22(28)6-2-3-15-7-8-18-10-9-16-4-1-5-17-11-12-19(15)24(18)23(16)17;1-2-3-4(5)6/h1,4-5,7-12H,2-3,6,13-14H2;2-3H2,1H3,(H,5,6). The predicted octanol–water partition coefficient (Wildman–Crippen LogP) is 5.39. The van der Waals surface area contributed by atoms with Gasteiger partial charge in [0.25, 0.3) is 11.8 Å². The van der Waals surface area contributed by atoms with Crippen LogP contribution in [0, 0.1) is 0 Å². The molecule has 0 saturated carbocycles. The molecule has 35 heavy (non-hydrogen) atoms. The Balaban J connectivity index is 0.000000431. The number of hydroxylamine groups is 2. The van der Waals surface area contributed by atoms with Crippen LogP contribution in [-0.4, -0.2) is 33.9 Å². The molecule has 4 aromatic carbocycles. The summed E-state index contributed by atoms with van der Waals surface area (Å²) in [6.07, 6.45) is 2.68. The zero-order chi connectivity index (χ0) is 24.9. The van der Waals surface area contributed by atoms with Gasteiger partial charge in [0.15, 0.2) is 0 Å². The highest BCUT2D eigenvalue weighted by Crippen LogP contribution is 2.36. The second-order valence-electron chi connectivity index (χ2n) is 8.62. The summed E-state index contributed by atoms with van der Waals surface area (Å²) < 4.78 is 0. The lowest BCUT2D eigenvalue weighted by molar-refractivity contribution is -0.197. The van der Waals surface area contributed by atoms with Crippen molar-refractivity contribution in [3.05, 3.63) is 60.2 Å². The highest BCUT2D eigenvalue weighted by molar-refractivity contribution is 6.23. The van der Waals surface area contributed by atoms with Gasteiger partial charge in [0.05, 0.1) is 0 Å². The van der Waals surface area contributed by atoms with Crippen LogP contribution in [0.2, 0.25) is 0 Å². The van der Waals surface area contributed by atoms with Gasteiger partial charge in [-0.3, -0.25) is 14.4 Å². The van der Waals surface area contributed by atoms with E-state index in [2.05, 4.69) is 54.6 Å². The Bertz CT molecular complexity index is 1380. The molecule has 0 atom stereocenters. The molecule has 1 aliphatic heterocycles. The number of aliphatic carboxylic acids is 1. The summed E-state index contributed by atoms with van der Waals surface area (Å²) in [5.41, 5.74) is 1.18. The van der Waals surface area contributed by atoms with Crippen LogP contribution in [0.4, 0.5) is 0 Å². The van der Waals surface area contributed by atoms with Crippen LogP contribution in [0.3, 0.4) is 0 Å². The first-order chi connectivity index (χ1) is 16.9. The van der Waals surface area contributed by atoms with Crippen LogP contribution >= 0.6 is 0 Å². The van der Waals surface area contributed by atoms with E-state index in [0.717, 1.165) is 6.42 Å². The minimum absolute atomic E-state index is 0.106. The average Bonchev–Trinajstić information content (AvgIpc) is 3.15. The molecule has 7 nitrogen and oxygen atoms in total. The van der Waals surface area contributed by atoms with Crippen molar-refractivity contribution in [3.63, 3.8) is 0 Å². The van der Waals surface area contributed by atoms with Crippen LogP contribution in [0.25, 0.3) is 32.3 Å². The van der Waals surface area contributed by atoms with Gasteiger partial charge in [-0.15, -0.1) is 5.06 Å². The molecule has 0 aliphatic carbocycles. The Morgan fingerprint density at radius 2 is 1.46 bits per heavy atom. The van der Waals surface area contributed by atoms with Crippen LogP contribution in [0.5, 0.6) is 0 Å². The highest BCUT2D eigenvalue weighted by atomic mass is 16.7. The summed E-state index contributed by atoms with van der Waals surface area (Å²) in [7, 11) is 0. The van der Waals surface area contributed by atoms with Crippen molar-refractivity contribution in [2.45, 2.75) is 51.9 Å². The van der Waals surface area contributed by atoms with E-state index in [0.29, 0.717) is 24.3 Å². The van der Waals surface area contributed by atoms with E-state index in [1.54, 1.807) is 0 Å². The number of hydrogen-bond donors (Lipinski definition) is 1. The van der Waals surface area contributed by atoms with Crippen molar-refractivity contribution < 1.29 is 29.1 Å². The number of benzene rings is 4. The summed E-state index contributed by atoms with van der Waals surface area (Å²) in [5, 5.41) is 15.9. The summed E-state index contributed by atoms with van der Waals surface area (Å²) in [6.45, 7) is 1.84. The first-order valence-corrected chi connectivity index (χ1v) is 11.8. The fourth-order valence-electron chi connectivity index (χ4n) is 4.46. The van der Waals surface area contributed by atoms with Crippen molar-refractivity contribution in [2.75, 3.05) is 0 Å². The molecule has 0 unspecified atom stereocenters. The molecule has 0 aromatic heterocycles. The number of aryl methyl sites for hydroxylation is 1. The molecular weight excluding hydrogens is 446 g/mol. The average molecular weight is 474 g/mol. The lowest BCUT2D eigenvalue weighted by Crippen LogP contribution is -2.31. The van der Waals surface area contributed by atoms with Gasteiger partial charge in [-0.25, -0.2) is 4.79 Å². The Kier molecular flexibility index (Phi) is 7.25. The second-order valence-corrected chi connectivity index (χ2v) is 8.62. The number of hydrogen-bond acceptors (Lipinski definition) is 5. The Morgan fingerprint density at radius 1 is 0.857 bits per heavy atom. The van der Waals surface area contributed by atoms with Gasteiger partial charge < -0.3 is 9.94 Å². The fraction of sp³-hybridized carbons (Fsp3) is 0.286. The number of nitrogens with zero attached hydrogens (tertiary/aromatic N) is 1. The summed E-state index contributed by atoms with van der Waals surface area (Å²) in [5.74, 6) is -2.16. The van der Waals surface area contributed by atoms with Crippen molar-refractivity contribution in [1.82, 2.24) is 5.06 Å². The largest absolute Gasteiger partial charge is 0.481 e. The topological polar surface area (TPSA) is 101 Å². The van der Waals surface area contributed by atoms with Crippen molar-refractivity contribution in [2.24, 2.45) is 0 Å². The van der Waals surface area contributed by atoms with E-state index >= 15 is 0 Å². The molecule has 180 valence electrons. The fourth-order valence-corrected chi connectivity index (χ4v) is 4.46. The van der Waals surface area contributed by atoms with Crippen LogP contribution in [0.15, 0.2) is 54.6 Å². The first kappa shape index (κ1) is 24.1. The van der Waals surface area contributed by atoms with Gasteiger partial charge in [0.1, 0.15) is 0 Å². The normalized spacial score (nSPS) is 13.5. The lowest BCUT2D eigenvalue weighted by atomic mass is 9.90. The molecular formula is C28H27NO6.